The van der Waals surface area contributed by atoms with Gasteiger partial charge in [-0.1, -0.05) is 48.0 Å². The third-order valence-corrected chi connectivity index (χ3v) is 2.94. The van der Waals surface area contributed by atoms with Crippen molar-refractivity contribution in [3.8, 4) is 0 Å². The van der Waals surface area contributed by atoms with Crippen molar-refractivity contribution >= 4 is 12.6 Å². The topological polar surface area (TPSA) is 0 Å². The Kier molecular flexibility index (Phi) is 3.12. The maximum absolute atomic E-state index is 4.45. The molecule has 2 aromatic rings. The molecule has 0 spiro atoms. The fourth-order valence-electron chi connectivity index (χ4n) is 1.59. The molecule has 0 aliphatic rings. The standard InChI is InChI=1S/C14H14S/c1-11-6-8-12(9-7-11)10-13-4-2-3-5-14(13)15/h2-9,15H,10H2,1H3. The van der Waals surface area contributed by atoms with Crippen molar-refractivity contribution in [2.45, 2.75) is 18.2 Å². The van der Waals surface area contributed by atoms with Gasteiger partial charge < -0.3 is 0 Å². The minimum atomic E-state index is 0.958. The van der Waals surface area contributed by atoms with Crippen LogP contribution in [-0.2, 0) is 6.42 Å². The summed E-state index contributed by atoms with van der Waals surface area (Å²) in [6.07, 6.45) is 0.958. The lowest BCUT2D eigenvalue weighted by Gasteiger charge is -2.05. The van der Waals surface area contributed by atoms with Gasteiger partial charge in [0.1, 0.15) is 0 Å². The van der Waals surface area contributed by atoms with Crippen LogP contribution in [0.25, 0.3) is 0 Å². The largest absolute Gasteiger partial charge is 0.143 e. The zero-order valence-electron chi connectivity index (χ0n) is 8.77. The molecule has 2 rings (SSSR count). The highest BCUT2D eigenvalue weighted by Crippen LogP contribution is 2.17. The summed E-state index contributed by atoms with van der Waals surface area (Å²) < 4.78 is 0. The van der Waals surface area contributed by atoms with E-state index in [1.807, 2.05) is 12.1 Å². The fourth-order valence-corrected chi connectivity index (χ4v) is 1.83. The van der Waals surface area contributed by atoms with Gasteiger partial charge in [-0.15, -0.1) is 12.6 Å². The Morgan fingerprint density at radius 2 is 1.60 bits per heavy atom. The van der Waals surface area contributed by atoms with Crippen molar-refractivity contribution in [1.82, 2.24) is 0 Å². The van der Waals surface area contributed by atoms with Gasteiger partial charge in [0.2, 0.25) is 0 Å². The number of hydrogen-bond donors (Lipinski definition) is 1. The van der Waals surface area contributed by atoms with E-state index in [2.05, 4.69) is 56.0 Å². The van der Waals surface area contributed by atoms with Crippen molar-refractivity contribution in [1.29, 1.82) is 0 Å². The molecule has 2 aromatic carbocycles. The van der Waals surface area contributed by atoms with Gasteiger partial charge in [-0.2, -0.15) is 0 Å². The van der Waals surface area contributed by atoms with Gasteiger partial charge in [-0.05, 0) is 30.5 Å². The van der Waals surface area contributed by atoms with Gasteiger partial charge in [-0.25, -0.2) is 0 Å². The van der Waals surface area contributed by atoms with Crippen molar-refractivity contribution in [2.75, 3.05) is 0 Å². The quantitative estimate of drug-likeness (QED) is 0.721. The third-order valence-electron chi connectivity index (χ3n) is 2.51. The van der Waals surface area contributed by atoms with Crippen molar-refractivity contribution < 1.29 is 0 Å². The molecule has 0 amide bonds. The Labute approximate surface area is 96.4 Å². The highest BCUT2D eigenvalue weighted by atomic mass is 32.1. The van der Waals surface area contributed by atoms with Crippen LogP contribution in [-0.4, -0.2) is 0 Å². The Morgan fingerprint density at radius 3 is 2.27 bits per heavy atom. The van der Waals surface area contributed by atoms with Crippen LogP contribution in [0.5, 0.6) is 0 Å². The van der Waals surface area contributed by atoms with Gasteiger partial charge in [0.15, 0.2) is 0 Å². The average molecular weight is 214 g/mol. The second-order valence-corrected chi connectivity index (χ2v) is 4.27. The minimum Gasteiger partial charge on any atom is -0.143 e. The molecule has 15 heavy (non-hydrogen) atoms. The van der Waals surface area contributed by atoms with E-state index in [-0.39, 0.29) is 0 Å². The highest BCUT2D eigenvalue weighted by molar-refractivity contribution is 7.80. The first-order valence-corrected chi connectivity index (χ1v) is 5.53. The molecule has 0 aromatic heterocycles. The lowest BCUT2D eigenvalue weighted by Crippen LogP contribution is -1.89. The maximum Gasteiger partial charge on any atom is 0.00754 e. The molecule has 0 fully saturated rings. The van der Waals surface area contributed by atoms with Crippen LogP contribution in [0, 0.1) is 6.92 Å². The smallest absolute Gasteiger partial charge is 0.00754 e. The third kappa shape index (κ3) is 2.63. The molecule has 0 saturated heterocycles. The van der Waals surface area contributed by atoms with Crippen LogP contribution < -0.4 is 0 Å². The van der Waals surface area contributed by atoms with Gasteiger partial charge in [0, 0.05) is 4.90 Å². The van der Waals surface area contributed by atoms with Gasteiger partial charge in [0.25, 0.3) is 0 Å². The maximum atomic E-state index is 4.45. The number of benzene rings is 2. The summed E-state index contributed by atoms with van der Waals surface area (Å²) in [5.74, 6) is 0. The molecule has 0 nitrogen and oxygen atoms in total. The summed E-state index contributed by atoms with van der Waals surface area (Å²) in [4.78, 5) is 1.07. The van der Waals surface area contributed by atoms with Crippen LogP contribution in [0.3, 0.4) is 0 Å². The second-order valence-electron chi connectivity index (χ2n) is 3.79. The van der Waals surface area contributed by atoms with Crippen LogP contribution in [0.2, 0.25) is 0 Å². The Balaban J connectivity index is 2.22. The molecule has 0 atom stereocenters. The van der Waals surface area contributed by atoms with E-state index >= 15 is 0 Å². The Bertz CT molecular complexity index is 443. The molecule has 0 heterocycles. The normalized spacial score (nSPS) is 10.3. The van der Waals surface area contributed by atoms with Gasteiger partial charge in [0.05, 0.1) is 0 Å². The van der Waals surface area contributed by atoms with E-state index in [1.54, 1.807) is 0 Å². The van der Waals surface area contributed by atoms with Crippen molar-refractivity contribution in [2.24, 2.45) is 0 Å². The van der Waals surface area contributed by atoms with Gasteiger partial charge in [-0.3, -0.25) is 0 Å². The zero-order chi connectivity index (χ0) is 10.7. The number of aryl methyl sites for hydroxylation is 1. The predicted octanol–water partition coefficient (Wildman–Crippen LogP) is 3.87. The molecule has 0 unspecified atom stereocenters. The second kappa shape index (κ2) is 4.54. The number of hydrogen-bond acceptors (Lipinski definition) is 1. The van der Waals surface area contributed by atoms with E-state index in [0.29, 0.717) is 0 Å². The molecular formula is C14H14S. The molecular weight excluding hydrogens is 200 g/mol. The Hall–Kier alpha value is -1.21. The summed E-state index contributed by atoms with van der Waals surface area (Å²) in [5.41, 5.74) is 3.92. The van der Waals surface area contributed by atoms with Gasteiger partial charge >= 0.3 is 0 Å². The zero-order valence-corrected chi connectivity index (χ0v) is 9.67. The summed E-state index contributed by atoms with van der Waals surface area (Å²) in [6, 6.07) is 16.9. The van der Waals surface area contributed by atoms with Crippen molar-refractivity contribution in [3.63, 3.8) is 0 Å². The van der Waals surface area contributed by atoms with Crippen LogP contribution in [0.15, 0.2) is 53.4 Å². The van der Waals surface area contributed by atoms with E-state index in [4.69, 9.17) is 0 Å². The average Bonchev–Trinajstić information content (AvgIpc) is 2.25. The lowest BCUT2D eigenvalue weighted by molar-refractivity contribution is 1.13. The van der Waals surface area contributed by atoms with E-state index in [1.165, 1.54) is 16.7 Å². The van der Waals surface area contributed by atoms with E-state index in [0.717, 1.165) is 11.3 Å². The highest BCUT2D eigenvalue weighted by Gasteiger charge is 1.99. The molecule has 0 N–H and O–H groups in total. The predicted molar refractivity (Wildman–Crippen MR) is 67.7 cm³/mol. The van der Waals surface area contributed by atoms with Crippen LogP contribution >= 0.6 is 12.6 Å². The molecule has 1 heteroatoms. The molecule has 76 valence electrons. The lowest BCUT2D eigenvalue weighted by atomic mass is 10.0. The molecule has 0 aliphatic carbocycles. The van der Waals surface area contributed by atoms with Crippen LogP contribution in [0.4, 0.5) is 0 Å². The monoisotopic (exact) mass is 214 g/mol. The summed E-state index contributed by atoms with van der Waals surface area (Å²) in [5, 5.41) is 0. The first-order chi connectivity index (χ1) is 7.25. The minimum absolute atomic E-state index is 0.958. The number of rotatable bonds is 2. The first-order valence-electron chi connectivity index (χ1n) is 5.08. The SMILES string of the molecule is Cc1ccc(Cc2ccccc2S)cc1. The summed E-state index contributed by atoms with van der Waals surface area (Å²) in [6.45, 7) is 2.11. The summed E-state index contributed by atoms with van der Waals surface area (Å²) in [7, 11) is 0. The summed E-state index contributed by atoms with van der Waals surface area (Å²) >= 11 is 4.45. The fraction of sp³-hybridized carbons (Fsp3) is 0.143. The number of thiol groups is 1. The molecule has 0 saturated carbocycles. The van der Waals surface area contributed by atoms with E-state index < -0.39 is 0 Å². The van der Waals surface area contributed by atoms with E-state index in [9.17, 15) is 0 Å². The molecule has 0 aliphatic heterocycles. The molecule has 0 bridgehead atoms. The van der Waals surface area contributed by atoms with Crippen molar-refractivity contribution in [3.05, 3.63) is 65.2 Å². The molecule has 0 radical (unpaired) electrons. The van der Waals surface area contributed by atoms with Crippen LogP contribution in [0.1, 0.15) is 16.7 Å². The first kappa shape index (κ1) is 10.3. The Morgan fingerprint density at radius 1 is 0.933 bits per heavy atom.